The van der Waals surface area contributed by atoms with Crippen molar-refractivity contribution in [3.8, 4) is 0 Å². The summed E-state index contributed by atoms with van der Waals surface area (Å²) >= 11 is 0. The molecule has 1 aromatic carbocycles. The number of anilines is 1. The fourth-order valence-electron chi connectivity index (χ4n) is 3.51. The fraction of sp³-hybridized carbons (Fsp3) is 0.667. The number of benzene rings is 1. The molecule has 0 aromatic heterocycles. The van der Waals surface area contributed by atoms with E-state index in [2.05, 4.69) is 72.4 Å². The monoisotopic (exact) mass is 487 g/mol. The van der Waals surface area contributed by atoms with Crippen LogP contribution in [0.15, 0.2) is 29.3 Å². The zero-order valence-electron chi connectivity index (χ0n) is 17.5. The number of halogens is 1. The normalized spacial score (nSPS) is 17.5. The molecule has 1 aromatic rings. The van der Waals surface area contributed by atoms with Gasteiger partial charge in [0.05, 0.1) is 0 Å². The topological polar surface area (TPSA) is 42.9 Å². The van der Waals surface area contributed by atoms with Gasteiger partial charge in [-0.3, -0.25) is 4.99 Å². The molecule has 6 heteroatoms. The lowest BCUT2D eigenvalue weighted by molar-refractivity contribution is 0.343. The molecule has 2 N–H and O–H groups in total. The van der Waals surface area contributed by atoms with E-state index in [0.717, 1.165) is 45.2 Å². The maximum atomic E-state index is 4.82. The Kier molecular flexibility index (Phi) is 11.7. The number of aryl methyl sites for hydroxylation is 1. The molecule has 0 spiro atoms. The van der Waals surface area contributed by atoms with Gasteiger partial charge in [0.15, 0.2) is 5.96 Å². The number of nitrogens with zero attached hydrogens (tertiary/aromatic N) is 3. The molecule has 1 atom stereocenters. The predicted molar refractivity (Wildman–Crippen MR) is 129 cm³/mol. The minimum absolute atomic E-state index is 0. The van der Waals surface area contributed by atoms with Gasteiger partial charge in [0.25, 0.3) is 0 Å². The highest BCUT2D eigenvalue weighted by Gasteiger charge is 2.20. The van der Waals surface area contributed by atoms with Gasteiger partial charge in [-0.1, -0.05) is 19.1 Å². The number of nitrogens with one attached hydrogen (secondary N) is 2. The molecule has 1 fully saturated rings. The highest BCUT2D eigenvalue weighted by Crippen LogP contribution is 2.16. The third-order valence-corrected chi connectivity index (χ3v) is 5.09. The van der Waals surface area contributed by atoms with Gasteiger partial charge in [-0.05, 0) is 63.9 Å². The third kappa shape index (κ3) is 8.25. The van der Waals surface area contributed by atoms with Crippen LogP contribution in [-0.2, 0) is 0 Å². The summed E-state index contributed by atoms with van der Waals surface area (Å²) in [6.45, 7) is 17.0. The third-order valence-electron chi connectivity index (χ3n) is 5.09. The Morgan fingerprint density at radius 1 is 1.26 bits per heavy atom. The van der Waals surface area contributed by atoms with E-state index in [1.165, 1.54) is 30.8 Å². The highest BCUT2D eigenvalue weighted by molar-refractivity contribution is 14.0. The molecule has 0 bridgehead atoms. The zero-order valence-corrected chi connectivity index (χ0v) is 19.8. The summed E-state index contributed by atoms with van der Waals surface area (Å²) in [5.74, 6) is 1.65. The fourth-order valence-corrected chi connectivity index (χ4v) is 3.51. The first-order chi connectivity index (χ1) is 12.7. The Balaban J connectivity index is 0.00000364. The van der Waals surface area contributed by atoms with Crippen molar-refractivity contribution in [3.63, 3.8) is 0 Å². The molecular weight excluding hydrogens is 449 g/mol. The van der Waals surface area contributed by atoms with Gasteiger partial charge in [-0.15, -0.1) is 24.0 Å². The summed E-state index contributed by atoms with van der Waals surface area (Å²) in [6, 6.07) is 8.72. The van der Waals surface area contributed by atoms with Gasteiger partial charge in [0.2, 0.25) is 0 Å². The maximum Gasteiger partial charge on any atom is 0.191 e. The molecule has 0 radical (unpaired) electrons. The molecule has 0 aliphatic carbocycles. The molecule has 1 aliphatic rings. The summed E-state index contributed by atoms with van der Waals surface area (Å²) in [5, 5.41) is 6.88. The van der Waals surface area contributed by atoms with Gasteiger partial charge < -0.3 is 20.4 Å². The van der Waals surface area contributed by atoms with Crippen molar-refractivity contribution < 1.29 is 0 Å². The largest absolute Gasteiger partial charge is 0.370 e. The van der Waals surface area contributed by atoms with Gasteiger partial charge in [0, 0.05) is 45.0 Å². The van der Waals surface area contributed by atoms with Crippen molar-refractivity contribution >= 4 is 35.6 Å². The van der Waals surface area contributed by atoms with Gasteiger partial charge >= 0.3 is 0 Å². The molecule has 154 valence electrons. The second-order valence-corrected chi connectivity index (χ2v) is 7.11. The number of hydrogen-bond donors (Lipinski definition) is 2. The number of likely N-dealkylation sites (tertiary alicyclic amines) is 1. The quantitative estimate of drug-likeness (QED) is 0.319. The van der Waals surface area contributed by atoms with E-state index >= 15 is 0 Å². The van der Waals surface area contributed by atoms with Crippen LogP contribution >= 0.6 is 24.0 Å². The van der Waals surface area contributed by atoms with Crippen LogP contribution < -0.4 is 15.5 Å². The van der Waals surface area contributed by atoms with E-state index < -0.39 is 0 Å². The Hall–Kier alpha value is -1.02. The molecule has 0 saturated carbocycles. The summed E-state index contributed by atoms with van der Waals surface area (Å²) in [4.78, 5) is 9.74. The SMILES string of the molecule is CCNC(=NCC1CCN(CC)C1)NCCN(CC)c1cccc(C)c1.I. The number of likely N-dealkylation sites (N-methyl/N-ethyl adjacent to an activating group) is 1. The Bertz CT molecular complexity index is 563. The molecule has 1 saturated heterocycles. The van der Waals surface area contributed by atoms with E-state index in [-0.39, 0.29) is 24.0 Å². The first-order valence-corrected chi connectivity index (χ1v) is 10.2. The molecular formula is C21H38IN5. The molecule has 5 nitrogen and oxygen atoms in total. The first kappa shape index (κ1) is 24.0. The summed E-state index contributed by atoms with van der Waals surface area (Å²) in [6.07, 6.45) is 1.27. The standard InChI is InChI=1S/C21H37N5.HI/c1-5-22-21(24-16-19-11-13-25(6-2)17-19)23-12-14-26(7-3)20-10-8-9-18(4)15-20;/h8-10,15,19H,5-7,11-14,16-17H2,1-4H3,(H2,22,23,24);1H. The average Bonchev–Trinajstić information content (AvgIpc) is 3.11. The molecule has 1 aliphatic heterocycles. The van der Waals surface area contributed by atoms with E-state index in [1.54, 1.807) is 0 Å². The summed E-state index contributed by atoms with van der Waals surface area (Å²) in [7, 11) is 0. The van der Waals surface area contributed by atoms with E-state index in [4.69, 9.17) is 4.99 Å². The smallest absolute Gasteiger partial charge is 0.191 e. The van der Waals surface area contributed by atoms with Crippen LogP contribution in [0.25, 0.3) is 0 Å². The van der Waals surface area contributed by atoms with Crippen molar-refractivity contribution in [2.75, 3.05) is 57.3 Å². The summed E-state index contributed by atoms with van der Waals surface area (Å²) < 4.78 is 0. The molecule has 2 rings (SSSR count). The average molecular weight is 487 g/mol. The van der Waals surface area contributed by atoms with Gasteiger partial charge in [-0.25, -0.2) is 0 Å². The summed E-state index contributed by atoms with van der Waals surface area (Å²) in [5.41, 5.74) is 2.60. The molecule has 1 unspecified atom stereocenters. The lowest BCUT2D eigenvalue weighted by Crippen LogP contribution is -2.42. The van der Waals surface area contributed by atoms with Crippen LogP contribution in [0.1, 0.15) is 32.8 Å². The number of rotatable bonds is 9. The molecule has 0 amide bonds. The second kappa shape index (κ2) is 13.2. The van der Waals surface area contributed by atoms with Crippen molar-refractivity contribution in [2.24, 2.45) is 10.9 Å². The van der Waals surface area contributed by atoms with Gasteiger partial charge in [0.1, 0.15) is 0 Å². The van der Waals surface area contributed by atoms with Crippen LogP contribution in [0.4, 0.5) is 5.69 Å². The Labute approximate surface area is 183 Å². The minimum atomic E-state index is 0. The zero-order chi connectivity index (χ0) is 18.8. The van der Waals surface area contributed by atoms with Crippen molar-refractivity contribution in [2.45, 2.75) is 34.1 Å². The van der Waals surface area contributed by atoms with E-state index in [9.17, 15) is 0 Å². The number of aliphatic imine (C=N–C) groups is 1. The lowest BCUT2D eigenvalue weighted by Gasteiger charge is -2.24. The van der Waals surface area contributed by atoms with Crippen LogP contribution in [0, 0.1) is 12.8 Å². The molecule has 1 heterocycles. The number of hydrogen-bond acceptors (Lipinski definition) is 3. The Morgan fingerprint density at radius 3 is 2.70 bits per heavy atom. The number of guanidine groups is 1. The van der Waals surface area contributed by atoms with Gasteiger partial charge in [-0.2, -0.15) is 0 Å². The highest BCUT2D eigenvalue weighted by atomic mass is 127. The van der Waals surface area contributed by atoms with E-state index in [0.29, 0.717) is 5.92 Å². The van der Waals surface area contributed by atoms with Crippen molar-refractivity contribution in [1.82, 2.24) is 15.5 Å². The maximum absolute atomic E-state index is 4.82. The van der Waals surface area contributed by atoms with Crippen LogP contribution in [-0.4, -0.2) is 63.2 Å². The van der Waals surface area contributed by atoms with Crippen LogP contribution in [0.3, 0.4) is 0 Å². The first-order valence-electron chi connectivity index (χ1n) is 10.2. The minimum Gasteiger partial charge on any atom is -0.370 e. The second-order valence-electron chi connectivity index (χ2n) is 7.11. The molecule has 27 heavy (non-hydrogen) atoms. The van der Waals surface area contributed by atoms with Crippen molar-refractivity contribution in [1.29, 1.82) is 0 Å². The predicted octanol–water partition coefficient (Wildman–Crippen LogP) is 3.34. The lowest BCUT2D eigenvalue weighted by atomic mass is 10.1. The van der Waals surface area contributed by atoms with E-state index in [1.807, 2.05) is 0 Å². The van der Waals surface area contributed by atoms with Crippen LogP contribution in [0.5, 0.6) is 0 Å². The van der Waals surface area contributed by atoms with Crippen LogP contribution in [0.2, 0.25) is 0 Å². The van der Waals surface area contributed by atoms with Crippen molar-refractivity contribution in [3.05, 3.63) is 29.8 Å². The Morgan fingerprint density at radius 2 is 2.07 bits per heavy atom.